The van der Waals surface area contributed by atoms with Crippen LogP contribution in [0.15, 0.2) is 0 Å². The number of hydrazine groups is 1. The van der Waals surface area contributed by atoms with E-state index in [2.05, 4.69) is 12.3 Å². The van der Waals surface area contributed by atoms with E-state index in [1.807, 2.05) is 0 Å². The predicted molar refractivity (Wildman–Crippen MR) is 69.8 cm³/mol. The standard InChI is InChI=1S/C13H26N2O3/c1-2-3-4-5-6-9-17-10-11-7-8-12(18-11)13(16)15-14/h11-12H,2-10,14H2,1H3,(H,15,16). The SMILES string of the molecule is CCCCCCCOCC1CCC(C(=O)NN)O1. The molecule has 5 nitrogen and oxygen atoms in total. The Kier molecular flexibility index (Phi) is 7.96. The maximum atomic E-state index is 11.2. The molecule has 1 aliphatic rings. The van der Waals surface area contributed by atoms with Gasteiger partial charge >= 0.3 is 0 Å². The summed E-state index contributed by atoms with van der Waals surface area (Å²) in [6.45, 7) is 3.58. The summed E-state index contributed by atoms with van der Waals surface area (Å²) in [6.07, 6.45) is 7.45. The van der Waals surface area contributed by atoms with Crippen molar-refractivity contribution in [2.24, 2.45) is 5.84 Å². The molecular formula is C13H26N2O3. The zero-order chi connectivity index (χ0) is 13.2. The number of nitrogens with one attached hydrogen (secondary N) is 1. The van der Waals surface area contributed by atoms with Crippen LogP contribution in [0, 0.1) is 0 Å². The highest BCUT2D eigenvalue weighted by Crippen LogP contribution is 2.20. The van der Waals surface area contributed by atoms with E-state index >= 15 is 0 Å². The maximum Gasteiger partial charge on any atom is 0.263 e. The van der Waals surface area contributed by atoms with Gasteiger partial charge in [0.05, 0.1) is 12.7 Å². The number of nitrogens with two attached hydrogens (primary N) is 1. The molecule has 0 aliphatic carbocycles. The lowest BCUT2D eigenvalue weighted by Crippen LogP contribution is -2.39. The molecule has 0 aromatic rings. The van der Waals surface area contributed by atoms with Gasteiger partial charge in [-0.15, -0.1) is 0 Å². The lowest BCUT2D eigenvalue weighted by molar-refractivity contribution is -0.133. The van der Waals surface area contributed by atoms with Gasteiger partial charge in [0.2, 0.25) is 0 Å². The van der Waals surface area contributed by atoms with Crippen molar-refractivity contribution in [1.82, 2.24) is 5.43 Å². The van der Waals surface area contributed by atoms with Crippen molar-refractivity contribution in [3.05, 3.63) is 0 Å². The number of carbonyl (C=O) groups is 1. The number of amides is 1. The fourth-order valence-corrected chi connectivity index (χ4v) is 2.14. The molecule has 0 aromatic carbocycles. The molecule has 0 spiro atoms. The number of carbonyl (C=O) groups excluding carboxylic acids is 1. The molecule has 0 radical (unpaired) electrons. The van der Waals surface area contributed by atoms with Crippen molar-refractivity contribution in [3.8, 4) is 0 Å². The molecule has 0 bridgehead atoms. The third-order valence-electron chi connectivity index (χ3n) is 3.24. The summed E-state index contributed by atoms with van der Waals surface area (Å²) in [5, 5.41) is 0. The molecule has 1 fully saturated rings. The van der Waals surface area contributed by atoms with Crippen LogP contribution in [0.4, 0.5) is 0 Å². The van der Waals surface area contributed by atoms with Gasteiger partial charge in [-0.1, -0.05) is 32.6 Å². The van der Waals surface area contributed by atoms with Crippen LogP contribution in [-0.2, 0) is 14.3 Å². The summed E-state index contributed by atoms with van der Waals surface area (Å²) >= 11 is 0. The normalized spacial score (nSPS) is 23.2. The number of unbranched alkanes of at least 4 members (excludes halogenated alkanes) is 4. The fourth-order valence-electron chi connectivity index (χ4n) is 2.14. The van der Waals surface area contributed by atoms with Gasteiger partial charge in [-0.25, -0.2) is 5.84 Å². The monoisotopic (exact) mass is 258 g/mol. The van der Waals surface area contributed by atoms with Crippen LogP contribution >= 0.6 is 0 Å². The second-order valence-corrected chi connectivity index (χ2v) is 4.82. The van der Waals surface area contributed by atoms with Crippen LogP contribution in [0.3, 0.4) is 0 Å². The first-order valence-corrected chi connectivity index (χ1v) is 7.01. The van der Waals surface area contributed by atoms with E-state index < -0.39 is 6.10 Å². The number of rotatable bonds is 9. The first-order valence-electron chi connectivity index (χ1n) is 7.01. The summed E-state index contributed by atoms with van der Waals surface area (Å²) in [5.74, 6) is 4.83. The van der Waals surface area contributed by atoms with Crippen molar-refractivity contribution in [2.45, 2.75) is 64.1 Å². The van der Waals surface area contributed by atoms with Crippen LogP contribution in [0.5, 0.6) is 0 Å². The molecule has 2 atom stereocenters. The first kappa shape index (κ1) is 15.4. The average molecular weight is 258 g/mol. The summed E-state index contributed by atoms with van der Waals surface area (Å²) < 4.78 is 11.1. The van der Waals surface area contributed by atoms with E-state index in [1.165, 1.54) is 25.7 Å². The Morgan fingerprint density at radius 3 is 2.83 bits per heavy atom. The van der Waals surface area contributed by atoms with Gasteiger partial charge in [0.15, 0.2) is 0 Å². The Labute approximate surface area is 109 Å². The quantitative estimate of drug-likeness (QED) is 0.284. The maximum absolute atomic E-state index is 11.2. The van der Waals surface area contributed by atoms with Crippen molar-refractivity contribution < 1.29 is 14.3 Å². The lowest BCUT2D eigenvalue weighted by atomic mass is 10.2. The molecule has 0 saturated carbocycles. The van der Waals surface area contributed by atoms with Gasteiger partial charge in [0.1, 0.15) is 6.10 Å². The zero-order valence-corrected chi connectivity index (χ0v) is 11.3. The number of hydrogen-bond acceptors (Lipinski definition) is 4. The van der Waals surface area contributed by atoms with Crippen molar-refractivity contribution in [2.75, 3.05) is 13.2 Å². The zero-order valence-electron chi connectivity index (χ0n) is 11.3. The molecule has 5 heteroatoms. The van der Waals surface area contributed by atoms with Gasteiger partial charge in [-0.2, -0.15) is 0 Å². The molecule has 1 saturated heterocycles. The Morgan fingerprint density at radius 2 is 2.11 bits per heavy atom. The molecule has 2 unspecified atom stereocenters. The highest BCUT2D eigenvalue weighted by atomic mass is 16.5. The molecule has 1 heterocycles. The second kappa shape index (κ2) is 9.30. The minimum absolute atomic E-state index is 0.0444. The molecule has 1 amide bonds. The number of hydrogen-bond donors (Lipinski definition) is 2. The molecule has 18 heavy (non-hydrogen) atoms. The van der Waals surface area contributed by atoms with E-state index in [1.54, 1.807) is 0 Å². The third kappa shape index (κ3) is 5.80. The van der Waals surface area contributed by atoms with Gasteiger partial charge in [0, 0.05) is 6.61 Å². The largest absolute Gasteiger partial charge is 0.379 e. The minimum Gasteiger partial charge on any atom is -0.379 e. The van der Waals surface area contributed by atoms with Crippen LogP contribution in [0.2, 0.25) is 0 Å². The second-order valence-electron chi connectivity index (χ2n) is 4.82. The highest BCUT2D eigenvalue weighted by Gasteiger charge is 2.30. The van der Waals surface area contributed by atoms with Gasteiger partial charge in [-0.05, 0) is 19.3 Å². The average Bonchev–Trinajstić information content (AvgIpc) is 2.85. The lowest BCUT2D eigenvalue weighted by Gasteiger charge is -2.12. The molecule has 3 N–H and O–H groups in total. The Balaban J connectivity index is 1.96. The molecule has 1 aliphatic heterocycles. The molecule has 106 valence electrons. The van der Waals surface area contributed by atoms with Crippen LogP contribution in [0.25, 0.3) is 0 Å². The van der Waals surface area contributed by atoms with Crippen molar-refractivity contribution >= 4 is 5.91 Å². The third-order valence-corrected chi connectivity index (χ3v) is 3.24. The molecule has 1 rings (SSSR count). The smallest absolute Gasteiger partial charge is 0.263 e. The number of ether oxygens (including phenoxy) is 2. The summed E-state index contributed by atoms with van der Waals surface area (Å²) in [7, 11) is 0. The van der Waals surface area contributed by atoms with E-state index in [-0.39, 0.29) is 12.0 Å². The van der Waals surface area contributed by atoms with E-state index in [4.69, 9.17) is 15.3 Å². The minimum atomic E-state index is -0.395. The van der Waals surface area contributed by atoms with Gasteiger partial charge in [-0.3, -0.25) is 10.2 Å². The Morgan fingerprint density at radius 1 is 1.33 bits per heavy atom. The van der Waals surface area contributed by atoms with Gasteiger partial charge < -0.3 is 9.47 Å². The Hall–Kier alpha value is -0.650. The fraction of sp³-hybridized carbons (Fsp3) is 0.923. The van der Waals surface area contributed by atoms with E-state index in [0.29, 0.717) is 6.61 Å². The van der Waals surface area contributed by atoms with E-state index in [0.717, 1.165) is 25.9 Å². The van der Waals surface area contributed by atoms with Crippen LogP contribution < -0.4 is 11.3 Å². The Bertz CT molecular complexity index is 236. The van der Waals surface area contributed by atoms with Gasteiger partial charge in [0.25, 0.3) is 5.91 Å². The highest BCUT2D eigenvalue weighted by molar-refractivity contribution is 5.80. The van der Waals surface area contributed by atoms with Crippen molar-refractivity contribution in [1.29, 1.82) is 0 Å². The van der Waals surface area contributed by atoms with Crippen molar-refractivity contribution in [3.63, 3.8) is 0 Å². The van der Waals surface area contributed by atoms with Crippen LogP contribution in [-0.4, -0.2) is 31.3 Å². The van der Waals surface area contributed by atoms with E-state index in [9.17, 15) is 4.79 Å². The molecular weight excluding hydrogens is 232 g/mol. The topological polar surface area (TPSA) is 73.6 Å². The molecule has 0 aromatic heterocycles. The summed E-state index contributed by atoms with van der Waals surface area (Å²) in [5.41, 5.74) is 2.12. The summed E-state index contributed by atoms with van der Waals surface area (Å²) in [4.78, 5) is 11.2. The first-order chi connectivity index (χ1) is 8.77. The summed E-state index contributed by atoms with van der Waals surface area (Å²) in [6, 6.07) is 0. The van der Waals surface area contributed by atoms with Crippen LogP contribution in [0.1, 0.15) is 51.9 Å². The predicted octanol–water partition coefficient (Wildman–Crippen LogP) is 1.51.